The van der Waals surface area contributed by atoms with Crippen LogP contribution in [-0.4, -0.2) is 0 Å². The van der Waals surface area contributed by atoms with Gasteiger partial charge in [0.25, 0.3) is 0 Å². The first kappa shape index (κ1) is 14.0. The Morgan fingerprint density at radius 1 is 1.29 bits per heavy atom. The minimum atomic E-state index is 0.0675. The third-order valence-corrected chi connectivity index (χ3v) is 3.18. The standard InChI is InChI=1S/C16H25N/c1-6-12(2)11-15(17)13-9-7-8-10-14(13)16(3,4)5/h7-10,15H,2,6,11,17H2,1,3-5H3. The van der Waals surface area contributed by atoms with E-state index in [-0.39, 0.29) is 11.5 Å². The van der Waals surface area contributed by atoms with Crippen molar-refractivity contribution in [1.82, 2.24) is 0 Å². The van der Waals surface area contributed by atoms with E-state index in [1.54, 1.807) is 0 Å². The molecule has 1 rings (SSSR count). The number of benzene rings is 1. The monoisotopic (exact) mass is 231 g/mol. The predicted octanol–water partition coefficient (Wildman–Crippen LogP) is 4.34. The second-order valence-electron chi connectivity index (χ2n) is 5.75. The molecule has 0 aromatic heterocycles. The molecule has 17 heavy (non-hydrogen) atoms. The summed E-state index contributed by atoms with van der Waals surface area (Å²) >= 11 is 0. The number of rotatable bonds is 4. The van der Waals surface area contributed by atoms with Crippen molar-refractivity contribution in [3.05, 3.63) is 47.5 Å². The van der Waals surface area contributed by atoms with Crippen molar-refractivity contribution >= 4 is 0 Å². The highest BCUT2D eigenvalue weighted by Gasteiger charge is 2.20. The van der Waals surface area contributed by atoms with Gasteiger partial charge in [0.15, 0.2) is 0 Å². The van der Waals surface area contributed by atoms with Gasteiger partial charge in [0.2, 0.25) is 0 Å². The lowest BCUT2D eigenvalue weighted by Crippen LogP contribution is -2.20. The summed E-state index contributed by atoms with van der Waals surface area (Å²) in [6.07, 6.45) is 1.88. The van der Waals surface area contributed by atoms with Crippen LogP contribution in [0, 0.1) is 0 Å². The summed E-state index contributed by atoms with van der Waals surface area (Å²) in [7, 11) is 0. The van der Waals surface area contributed by atoms with Gasteiger partial charge in [-0.25, -0.2) is 0 Å². The summed E-state index contributed by atoms with van der Waals surface area (Å²) in [5.74, 6) is 0. The Balaban J connectivity index is 3.01. The van der Waals surface area contributed by atoms with Crippen molar-refractivity contribution in [1.29, 1.82) is 0 Å². The van der Waals surface area contributed by atoms with Crippen molar-refractivity contribution in [2.75, 3.05) is 0 Å². The van der Waals surface area contributed by atoms with Gasteiger partial charge in [-0.15, -0.1) is 0 Å². The lowest BCUT2D eigenvalue weighted by atomic mass is 9.81. The van der Waals surface area contributed by atoms with E-state index < -0.39 is 0 Å². The van der Waals surface area contributed by atoms with E-state index in [2.05, 4.69) is 58.5 Å². The van der Waals surface area contributed by atoms with Crippen molar-refractivity contribution < 1.29 is 0 Å². The Bertz CT molecular complexity index is 385. The van der Waals surface area contributed by atoms with Crippen LogP contribution in [0.1, 0.15) is 57.7 Å². The van der Waals surface area contributed by atoms with Crippen molar-refractivity contribution in [3.63, 3.8) is 0 Å². The Labute approximate surface area is 106 Å². The second-order valence-corrected chi connectivity index (χ2v) is 5.75. The Kier molecular flexibility index (Phi) is 4.53. The first-order chi connectivity index (χ1) is 7.86. The third-order valence-electron chi connectivity index (χ3n) is 3.18. The number of hydrogen-bond donors (Lipinski definition) is 1. The van der Waals surface area contributed by atoms with Crippen LogP contribution in [0.15, 0.2) is 36.4 Å². The van der Waals surface area contributed by atoms with Gasteiger partial charge >= 0.3 is 0 Å². The maximum absolute atomic E-state index is 6.31. The molecule has 0 heterocycles. The maximum atomic E-state index is 6.31. The van der Waals surface area contributed by atoms with Crippen LogP contribution in [0.4, 0.5) is 0 Å². The summed E-state index contributed by atoms with van der Waals surface area (Å²) in [6.45, 7) is 12.9. The van der Waals surface area contributed by atoms with Crippen LogP contribution < -0.4 is 5.73 Å². The summed E-state index contributed by atoms with van der Waals surface area (Å²) < 4.78 is 0. The van der Waals surface area contributed by atoms with Crippen molar-refractivity contribution in [3.8, 4) is 0 Å². The van der Waals surface area contributed by atoms with Gasteiger partial charge in [-0.3, -0.25) is 0 Å². The molecule has 0 aliphatic heterocycles. The van der Waals surface area contributed by atoms with E-state index in [4.69, 9.17) is 5.73 Å². The smallest absolute Gasteiger partial charge is 0.0335 e. The van der Waals surface area contributed by atoms with E-state index >= 15 is 0 Å². The zero-order valence-electron chi connectivity index (χ0n) is 11.6. The van der Waals surface area contributed by atoms with Gasteiger partial charge in [0.1, 0.15) is 0 Å². The normalized spacial score (nSPS) is 13.5. The average Bonchev–Trinajstić information content (AvgIpc) is 2.27. The largest absolute Gasteiger partial charge is 0.324 e. The molecule has 0 radical (unpaired) electrons. The van der Waals surface area contributed by atoms with Crippen LogP contribution in [0.2, 0.25) is 0 Å². The van der Waals surface area contributed by atoms with E-state index in [9.17, 15) is 0 Å². The Morgan fingerprint density at radius 2 is 1.88 bits per heavy atom. The quantitative estimate of drug-likeness (QED) is 0.766. The lowest BCUT2D eigenvalue weighted by Gasteiger charge is -2.26. The molecule has 1 unspecified atom stereocenters. The topological polar surface area (TPSA) is 26.0 Å². The first-order valence-corrected chi connectivity index (χ1v) is 6.38. The summed E-state index contributed by atoms with van der Waals surface area (Å²) in [5, 5.41) is 0. The molecular formula is C16H25N. The minimum absolute atomic E-state index is 0.0675. The van der Waals surface area contributed by atoms with E-state index in [0.717, 1.165) is 12.8 Å². The van der Waals surface area contributed by atoms with E-state index in [0.29, 0.717) is 0 Å². The Morgan fingerprint density at radius 3 is 2.41 bits per heavy atom. The fourth-order valence-electron chi connectivity index (χ4n) is 2.07. The molecule has 1 heteroatoms. The lowest BCUT2D eigenvalue weighted by molar-refractivity contribution is 0.567. The van der Waals surface area contributed by atoms with Gasteiger partial charge in [0.05, 0.1) is 0 Å². The van der Waals surface area contributed by atoms with Gasteiger partial charge in [-0.1, -0.05) is 64.1 Å². The highest BCUT2D eigenvalue weighted by Crippen LogP contribution is 2.31. The molecule has 2 N–H and O–H groups in total. The second kappa shape index (κ2) is 5.50. The summed E-state index contributed by atoms with van der Waals surface area (Å²) in [4.78, 5) is 0. The van der Waals surface area contributed by atoms with Gasteiger partial charge in [-0.2, -0.15) is 0 Å². The van der Waals surface area contributed by atoms with Crippen LogP contribution in [0.5, 0.6) is 0 Å². The van der Waals surface area contributed by atoms with Crippen LogP contribution >= 0.6 is 0 Å². The first-order valence-electron chi connectivity index (χ1n) is 6.38. The molecule has 1 atom stereocenters. The molecule has 0 fully saturated rings. The summed E-state index contributed by atoms with van der Waals surface area (Å²) in [6, 6.07) is 8.56. The highest BCUT2D eigenvalue weighted by atomic mass is 14.6. The van der Waals surface area contributed by atoms with Gasteiger partial charge < -0.3 is 5.73 Å². The average molecular weight is 231 g/mol. The molecular weight excluding hydrogens is 206 g/mol. The van der Waals surface area contributed by atoms with E-state index in [1.807, 2.05) is 0 Å². The van der Waals surface area contributed by atoms with Gasteiger partial charge in [-0.05, 0) is 29.4 Å². The molecule has 0 aliphatic carbocycles. The minimum Gasteiger partial charge on any atom is -0.324 e. The fraction of sp³-hybridized carbons (Fsp3) is 0.500. The molecule has 1 aromatic rings. The number of hydrogen-bond acceptors (Lipinski definition) is 1. The fourth-order valence-corrected chi connectivity index (χ4v) is 2.07. The number of nitrogens with two attached hydrogens (primary N) is 1. The molecule has 94 valence electrons. The molecule has 1 aromatic carbocycles. The summed E-state index contributed by atoms with van der Waals surface area (Å²) in [5.41, 5.74) is 10.3. The molecule has 0 aliphatic rings. The third kappa shape index (κ3) is 3.71. The van der Waals surface area contributed by atoms with Crippen molar-refractivity contribution in [2.45, 2.75) is 52.0 Å². The van der Waals surface area contributed by atoms with Crippen LogP contribution in [-0.2, 0) is 5.41 Å². The molecule has 0 amide bonds. The zero-order valence-corrected chi connectivity index (χ0v) is 11.6. The predicted molar refractivity (Wildman–Crippen MR) is 76.1 cm³/mol. The maximum Gasteiger partial charge on any atom is 0.0335 e. The van der Waals surface area contributed by atoms with E-state index in [1.165, 1.54) is 16.7 Å². The molecule has 1 nitrogen and oxygen atoms in total. The van der Waals surface area contributed by atoms with Crippen LogP contribution in [0.25, 0.3) is 0 Å². The van der Waals surface area contributed by atoms with Gasteiger partial charge in [0, 0.05) is 6.04 Å². The highest BCUT2D eigenvalue weighted by molar-refractivity contribution is 5.35. The molecule has 0 saturated heterocycles. The Hall–Kier alpha value is -1.08. The molecule has 0 spiro atoms. The van der Waals surface area contributed by atoms with Crippen LogP contribution in [0.3, 0.4) is 0 Å². The van der Waals surface area contributed by atoms with Crippen molar-refractivity contribution in [2.24, 2.45) is 5.73 Å². The zero-order chi connectivity index (χ0) is 13.1. The SMILES string of the molecule is C=C(CC)CC(N)c1ccccc1C(C)(C)C. The molecule has 0 saturated carbocycles. The molecule has 0 bridgehead atoms.